The number of carbonyl (C=O) groups excluding carboxylic acids is 1. The van der Waals surface area contributed by atoms with Gasteiger partial charge in [0.15, 0.2) is 5.13 Å². The molecule has 0 atom stereocenters. The van der Waals surface area contributed by atoms with Crippen LogP contribution < -0.4 is 14.8 Å². The van der Waals surface area contributed by atoms with Crippen molar-refractivity contribution in [2.45, 2.75) is 20.3 Å². The van der Waals surface area contributed by atoms with E-state index in [0.717, 1.165) is 17.7 Å². The summed E-state index contributed by atoms with van der Waals surface area (Å²) in [5.74, 6) is 1.44. The number of nitrogens with zero attached hydrogens (tertiary/aromatic N) is 1. The molecule has 0 fully saturated rings. The molecule has 1 amide bonds. The van der Waals surface area contributed by atoms with Gasteiger partial charge in [0.25, 0.3) is 5.91 Å². The van der Waals surface area contributed by atoms with Gasteiger partial charge in [-0.15, -0.1) is 11.3 Å². The maximum absolute atomic E-state index is 12.6. The third-order valence-electron chi connectivity index (χ3n) is 4.27. The number of hydrogen-bond donors (Lipinski definition) is 1. The number of nitrogens with one attached hydrogen (secondary N) is 1. The Kier molecular flexibility index (Phi) is 6.31. The summed E-state index contributed by atoms with van der Waals surface area (Å²) in [6.07, 6.45) is 1.06. The van der Waals surface area contributed by atoms with Crippen LogP contribution in [0.2, 0.25) is 0 Å². The number of carbonyl (C=O) groups is 1. The van der Waals surface area contributed by atoms with E-state index in [1.807, 2.05) is 5.38 Å². The third-order valence-corrected chi connectivity index (χ3v) is 5.03. The zero-order chi connectivity index (χ0) is 20.1. The minimum absolute atomic E-state index is 0.271. The molecule has 0 radical (unpaired) electrons. The highest BCUT2D eigenvalue weighted by molar-refractivity contribution is 7.14. The lowest BCUT2D eigenvalue weighted by atomic mass is 10.0. The van der Waals surface area contributed by atoms with Gasteiger partial charge in [-0.05, 0) is 30.0 Å². The highest BCUT2D eigenvalue weighted by Gasteiger charge is 2.15. The largest absolute Gasteiger partial charge is 0.497 e. The number of methoxy groups -OCH3 is 2. The number of ether oxygens (including phenoxy) is 2. The van der Waals surface area contributed by atoms with Gasteiger partial charge >= 0.3 is 0 Å². The molecular formula is C22H24N2O3S. The van der Waals surface area contributed by atoms with Crippen molar-refractivity contribution in [3.8, 4) is 22.8 Å². The lowest BCUT2D eigenvalue weighted by molar-refractivity contribution is 0.102. The molecular weight excluding hydrogens is 372 g/mol. The van der Waals surface area contributed by atoms with Gasteiger partial charge in [-0.3, -0.25) is 10.1 Å². The van der Waals surface area contributed by atoms with E-state index in [-0.39, 0.29) is 5.91 Å². The maximum atomic E-state index is 12.6. The second-order valence-electron chi connectivity index (χ2n) is 6.85. The third kappa shape index (κ3) is 4.70. The zero-order valence-electron chi connectivity index (χ0n) is 16.5. The van der Waals surface area contributed by atoms with Crippen LogP contribution in [0.1, 0.15) is 29.8 Å². The minimum Gasteiger partial charge on any atom is -0.497 e. The van der Waals surface area contributed by atoms with Crippen LogP contribution in [0.3, 0.4) is 0 Å². The fourth-order valence-electron chi connectivity index (χ4n) is 2.90. The van der Waals surface area contributed by atoms with Crippen molar-refractivity contribution >= 4 is 22.4 Å². The van der Waals surface area contributed by atoms with E-state index in [1.54, 1.807) is 25.3 Å². The van der Waals surface area contributed by atoms with Gasteiger partial charge in [-0.1, -0.05) is 38.1 Å². The van der Waals surface area contributed by atoms with Gasteiger partial charge < -0.3 is 9.47 Å². The van der Waals surface area contributed by atoms with E-state index >= 15 is 0 Å². The van der Waals surface area contributed by atoms with Crippen molar-refractivity contribution in [2.24, 2.45) is 5.92 Å². The van der Waals surface area contributed by atoms with E-state index in [2.05, 4.69) is 48.4 Å². The quantitative estimate of drug-likeness (QED) is 0.590. The summed E-state index contributed by atoms with van der Waals surface area (Å²) in [5.41, 5.74) is 3.62. The molecule has 146 valence electrons. The molecule has 2 aromatic carbocycles. The molecule has 0 saturated carbocycles. The van der Waals surface area contributed by atoms with Crippen LogP contribution in [0.25, 0.3) is 11.3 Å². The summed E-state index contributed by atoms with van der Waals surface area (Å²) in [6, 6.07) is 13.5. The van der Waals surface area contributed by atoms with Crippen LogP contribution >= 0.6 is 11.3 Å². The molecule has 0 spiro atoms. The monoisotopic (exact) mass is 396 g/mol. The van der Waals surface area contributed by atoms with Crippen molar-refractivity contribution < 1.29 is 14.3 Å². The van der Waals surface area contributed by atoms with E-state index in [0.29, 0.717) is 28.1 Å². The first-order valence-corrected chi connectivity index (χ1v) is 9.96. The Balaban J connectivity index is 1.73. The van der Waals surface area contributed by atoms with Gasteiger partial charge in [0.2, 0.25) is 0 Å². The molecule has 0 saturated heterocycles. The van der Waals surface area contributed by atoms with Crippen molar-refractivity contribution in [1.29, 1.82) is 0 Å². The standard InChI is InChI=1S/C22H24N2O3S/c1-14(2)11-15-5-7-16(8-6-15)19-13-28-22(23-19)24-21(25)18-10-9-17(26-3)12-20(18)27-4/h5-10,12-14H,11H2,1-4H3,(H,23,24,25). The summed E-state index contributed by atoms with van der Waals surface area (Å²) in [6.45, 7) is 4.42. The van der Waals surface area contributed by atoms with Gasteiger partial charge in [-0.25, -0.2) is 4.98 Å². The number of benzene rings is 2. The van der Waals surface area contributed by atoms with Crippen LogP contribution in [0.15, 0.2) is 47.8 Å². The normalized spacial score (nSPS) is 10.8. The summed E-state index contributed by atoms with van der Waals surface area (Å²) in [4.78, 5) is 17.2. The molecule has 1 N–H and O–H groups in total. The van der Waals surface area contributed by atoms with Gasteiger partial charge in [0, 0.05) is 17.0 Å². The van der Waals surface area contributed by atoms with Crippen molar-refractivity contribution in [3.05, 3.63) is 59.0 Å². The topological polar surface area (TPSA) is 60.5 Å². The van der Waals surface area contributed by atoms with Crippen molar-refractivity contribution in [2.75, 3.05) is 19.5 Å². The molecule has 28 heavy (non-hydrogen) atoms. The fraction of sp³-hybridized carbons (Fsp3) is 0.273. The Morgan fingerprint density at radius 3 is 2.50 bits per heavy atom. The van der Waals surface area contributed by atoms with Crippen LogP contribution in [-0.2, 0) is 6.42 Å². The number of aromatic nitrogens is 1. The smallest absolute Gasteiger partial charge is 0.261 e. The van der Waals surface area contributed by atoms with Crippen molar-refractivity contribution in [3.63, 3.8) is 0 Å². The van der Waals surface area contributed by atoms with E-state index < -0.39 is 0 Å². The molecule has 0 unspecified atom stereocenters. The number of thiazole rings is 1. The number of rotatable bonds is 7. The Morgan fingerprint density at radius 2 is 1.86 bits per heavy atom. The molecule has 0 aliphatic heterocycles. The predicted octanol–water partition coefficient (Wildman–Crippen LogP) is 5.28. The first-order valence-electron chi connectivity index (χ1n) is 9.08. The van der Waals surface area contributed by atoms with E-state index in [9.17, 15) is 4.79 Å². The summed E-state index contributed by atoms with van der Waals surface area (Å²) in [7, 11) is 3.09. The molecule has 5 nitrogen and oxygen atoms in total. The highest BCUT2D eigenvalue weighted by Crippen LogP contribution is 2.28. The summed E-state index contributed by atoms with van der Waals surface area (Å²) in [5, 5.41) is 5.33. The SMILES string of the molecule is COc1ccc(C(=O)Nc2nc(-c3ccc(CC(C)C)cc3)cs2)c(OC)c1. The summed E-state index contributed by atoms with van der Waals surface area (Å²) < 4.78 is 10.5. The average molecular weight is 397 g/mol. The number of anilines is 1. The molecule has 0 aliphatic carbocycles. The predicted molar refractivity (Wildman–Crippen MR) is 114 cm³/mol. The number of hydrogen-bond acceptors (Lipinski definition) is 5. The lowest BCUT2D eigenvalue weighted by Crippen LogP contribution is -2.13. The van der Waals surface area contributed by atoms with Gasteiger partial charge in [0.05, 0.1) is 25.5 Å². The first kappa shape index (κ1) is 19.9. The number of amides is 1. The van der Waals surface area contributed by atoms with Gasteiger partial charge in [0.1, 0.15) is 11.5 Å². The fourth-order valence-corrected chi connectivity index (χ4v) is 3.61. The van der Waals surface area contributed by atoms with Gasteiger partial charge in [-0.2, -0.15) is 0 Å². The Labute approximate surface area is 169 Å². The Morgan fingerprint density at radius 1 is 1.11 bits per heavy atom. The van der Waals surface area contributed by atoms with Crippen LogP contribution in [-0.4, -0.2) is 25.1 Å². The van der Waals surface area contributed by atoms with E-state index in [4.69, 9.17) is 9.47 Å². The molecule has 1 heterocycles. The molecule has 0 bridgehead atoms. The Hall–Kier alpha value is -2.86. The van der Waals surface area contributed by atoms with E-state index in [1.165, 1.54) is 24.0 Å². The average Bonchev–Trinajstić information content (AvgIpc) is 3.15. The second kappa shape index (κ2) is 8.89. The second-order valence-corrected chi connectivity index (χ2v) is 7.71. The van der Waals surface area contributed by atoms with Crippen LogP contribution in [0.4, 0.5) is 5.13 Å². The zero-order valence-corrected chi connectivity index (χ0v) is 17.3. The Bertz CT molecular complexity index is 949. The van der Waals surface area contributed by atoms with Crippen LogP contribution in [0, 0.1) is 5.92 Å². The first-order chi connectivity index (χ1) is 13.5. The van der Waals surface area contributed by atoms with Crippen molar-refractivity contribution in [1.82, 2.24) is 4.98 Å². The molecule has 0 aliphatic rings. The minimum atomic E-state index is -0.271. The molecule has 6 heteroatoms. The maximum Gasteiger partial charge on any atom is 0.261 e. The molecule has 1 aromatic heterocycles. The lowest BCUT2D eigenvalue weighted by Gasteiger charge is -2.09. The molecule has 3 aromatic rings. The van der Waals surface area contributed by atoms with Crippen LogP contribution in [0.5, 0.6) is 11.5 Å². The highest BCUT2D eigenvalue weighted by atomic mass is 32.1. The molecule has 3 rings (SSSR count). The summed E-state index contributed by atoms with van der Waals surface area (Å²) >= 11 is 1.39.